The van der Waals surface area contributed by atoms with Crippen LogP contribution in [0.2, 0.25) is 0 Å². The van der Waals surface area contributed by atoms with Crippen molar-refractivity contribution in [2.45, 2.75) is 69.4 Å². The van der Waals surface area contributed by atoms with Crippen LogP contribution in [0.25, 0.3) is 0 Å². The van der Waals surface area contributed by atoms with Crippen molar-refractivity contribution in [3.05, 3.63) is 35.4 Å². The van der Waals surface area contributed by atoms with Crippen LogP contribution < -0.4 is 5.32 Å². The van der Waals surface area contributed by atoms with Gasteiger partial charge in [0.1, 0.15) is 0 Å². The first-order valence-corrected chi connectivity index (χ1v) is 9.49. The fourth-order valence-corrected chi connectivity index (χ4v) is 5.32. The van der Waals surface area contributed by atoms with E-state index in [2.05, 4.69) is 69.2 Å². The van der Waals surface area contributed by atoms with E-state index < -0.39 is 0 Å². The molecule has 0 spiro atoms. The average Bonchev–Trinajstić information content (AvgIpc) is 2.48. The van der Waals surface area contributed by atoms with Crippen molar-refractivity contribution in [1.82, 2.24) is 5.32 Å². The Kier molecular flexibility index (Phi) is 6.63. The van der Waals surface area contributed by atoms with E-state index in [0.29, 0.717) is 11.3 Å². The van der Waals surface area contributed by atoms with Crippen molar-refractivity contribution < 1.29 is 0 Å². The highest BCUT2D eigenvalue weighted by atomic mass is 32.2. The monoisotopic (exact) mass is 305 g/mol. The molecule has 1 aliphatic carbocycles. The molecule has 1 aromatic rings. The molecule has 0 radical (unpaired) electrons. The molecule has 4 unspecified atom stereocenters. The van der Waals surface area contributed by atoms with Gasteiger partial charge in [-0.05, 0) is 43.4 Å². The second-order valence-corrected chi connectivity index (χ2v) is 8.28. The van der Waals surface area contributed by atoms with Crippen LogP contribution in [0.15, 0.2) is 24.3 Å². The lowest BCUT2D eigenvalue weighted by molar-refractivity contribution is 0.393. The van der Waals surface area contributed by atoms with Crippen LogP contribution in [0, 0.1) is 5.92 Å². The Labute approximate surface area is 135 Å². The Morgan fingerprint density at radius 3 is 2.52 bits per heavy atom. The van der Waals surface area contributed by atoms with Crippen molar-refractivity contribution >= 4 is 11.8 Å². The zero-order valence-electron chi connectivity index (χ0n) is 14.1. The minimum absolute atomic E-state index is 0.457. The van der Waals surface area contributed by atoms with E-state index >= 15 is 0 Å². The molecule has 0 amide bonds. The Bertz CT molecular complexity index is 414. The number of rotatable bonds is 6. The van der Waals surface area contributed by atoms with Crippen molar-refractivity contribution in [1.29, 1.82) is 0 Å². The van der Waals surface area contributed by atoms with Gasteiger partial charge in [0.2, 0.25) is 0 Å². The molecule has 0 aliphatic heterocycles. The van der Waals surface area contributed by atoms with Crippen LogP contribution in [-0.2, 0) is 6.42 Å². The highest BCUT2D eigenvalue weighted by Gasteiger charge is 2.25. The summed E-state index contributed by atoms with van der Waals surface area (Å²) in [6.07, 6.45) is 6.78. The van der Waals surface area contributed by atoms with Gasteiger partial charge in [-0.2, -0.15) is 11.8 Å². The number of nitrogens with one attached hydrogen (secondary N) is 1. The molecule has 0 bridgehead atoms. The molecule has 1 aliphatic rings. The van der Waals surface area contributed by atoms with Crippen LogP contribution in [0.3, 0.4) is 0 Å². The van der Waals surface area contributed by atoms with Crippen molar-refractivity contribution in [2.24, 2.45) is 5.92 Å². The van der Waals surface area contributed by atoms with Gasteiger partial charge < -0.3 is 5.32 Å². The predicted molar refractivity (Wildman–Crippen MR) is 96.1 cm³/mol. The largest absolute Gasteiger partial charge is 0.312 e. The molecule has 1 aromatic carbocycles. The maximum absolute atomic E-state index is 3.54. The Balaban J connectivity index is 1.98. The third kappa shape index (κ3) is 4.75. The molecule has 0 aromatic heterocycles. The minimum Gasteiger partial charge on any atom is -0.312 e. The molecule has 21 heavy (non-hydrogen) atoms. The maximum atomic E-state index is 3.54. The molecule has 118 valence electrons. The smallest absolute Gasteiger partial charge is 0.0435 e. The van der Waals surface area contributed by atoms with E-state index in [1.54, 1.807) is 0 Å². The first-order chi connectivity index (χ1) is 10.1. The minimum atomic E-state index is 0.457. The normalized spacial score (nSPS) is 25.5. The van der Waals surface area contributed by atoms with Crippen LogP contribution in [-0.4, -0.2) is 17.5 Å². The second kappa shape index (κ2) is 8.24. The SMILES string of the molecule is CCc1ccc(C(NC)C(C)SC2CCCC(C)C2)cc1. The molecule has 1 fully saturated rings. The van der Waals surface area contributed by atoms with Gasteiger partial charge in [-0.15, -0.1) is 0 Å². The number of hydrogen-bond donors (Lipinski definition) is 1. The summed E-state index contributed by atoms with van der Waals surface area (Å²) in [5, 5.41) is 5.01. The third-order valence-corrected chi connectivity index (χ3v) is 6.34. The summed E-state index contributed by atoms with van der Waals surface area (Å²) in [6, 6.07) is 9.62. The van der Waals surface area contributed by atoms with E-state index in [-0.39, 0.29) is 0 Å². The zero-order valence-corrected chi connectivity index (χ0v) is 14.9. The summed E-state index contributed by atoms with van der Waals surface area (Å²) in [5.74, 6) is 0.917. The summed E-state index contributed by atoms with van der Waals surface area (Å²) in [5.41, 5.74) is 2.86. The highest BCUT2D eigenvalue weighted by Crippen LogP contribution is 2.37. The topological polar surface area (TPSA) is 12.0 Å². The quantitative estimate of drug-likeness (QED) is 0.774. The van der Waals surface area contributed by atoms with Crippen LogP contribution >= 0.6 is 11.8 Å². The first kappa shape index (κ1) is 16.9. The molecular weight excluding hydrogens is 274 g/mol. The standard InChI is InChI=1S/C19H31NS/c1-5-16-9-11-17(12-10-16)19(20-4)15(3)21-18-8-6-7-14(2)13-18/h9-12,14-15,18-20H,5-8,13H2,1-4H3. The van der Waals surface area contributed by atoms with E-state index in [9.17, 15) is 0 Å². The Hall–Kier alpha value is -0.470. The van der Waals surface area contributed by atoms with Crippen molar-refractivity contribution in [3.63, 3.8) is 0 Å². The third-order valence-electron chi connectivity index (χ3n) is 4.82. The molecule has 1 N–H and O–H groups in total. The van der Waals surface area contributed by atoms with E-state index in [4.69, 9.17) is 0 Å². The van der Waals surface area contributed by atoms with E-state index in [1.807, 2.05) is 0 Å². The van der Waals surface area contributed by atoms with E-state index in [0.717, 1.165) is 17.6 Å². The average molecular weight is 306 g/mol. The van der Waals surface area contributed by atoms with Gasteiger partial charge in [0.25, 0.3) is 0 Å². The van der Waals surface area contributed by atoms with E-state index in [1.165, 1.54) is 36.8 Å². The number of benzene rings is 1. The number of hydrogen-bond acceptors (Lipinski definition) is 2. The Morgan fingerprint density at radius 1 is 1.24 bits per heavy atom. The second-order valence-electron chi connectivity index (χ2n) is 6.60. The van der Waals surface area contributed by atoms with Gasteiger partial charge in [-0.3, -0.25) is 0 Å². The molecule has 2 rings (SSSR count). The van der Waals surface area contributed by atoms with Gasteiger partial charge in [-0.25, -0.2) is 0 Å². The Morgan fingerprint density at radius 2 is 1.95 bits per heavy atom. The molecule has 1 saturated carbocycles. The lowest BCUT2D eigenvalue weighted by Gasteiger charge is -2.31. The number of aryl methyl sites for hydroxylation is 1. The summed E-state index contributed by atoms with van der Waals surface area (Å²) in [7, 11) is 2.10. The fourth-order valence-electron chi connectivity index (χ4n) is 3.52. The molecule has 4 atom stereocenters. The summed E-state index contributed by atoms with van der Waals surface area (Å²) in [6.45, 7) is 7.02. The summed E-state index contributed by atoms with van der Waals surface area (Å²) >= 11 is 2.20. The summed E-state index contributed by atoms with van der Waals surface area (Å²) in [4.78, 5) is 0. The fraction of sp³-hybridized carbons (Fsp3) is 0.684. The van der Waals surface area contributed by atoms with Gasteiger partial charge >= 0.3 is 0 Å². The van der Waals surface area contributed by atoms with Gasteiger partial charge in [0.05, 0.1) is 0 Å². The number of thioether (sulfide) groups is 1. The van der Waals surface area contributed by atoms with Gasteiger partial charge in [-0.1, -0.05) is 57.9 Å². The molecular formula is C19H31NS. The van der Waals surface area contributed by atoms with Crippen molar-refractivity contribution in [2.75, 3.05) is 7.05 Å². The van der Waals surface area contributed by atoms with Crippen LogP contribution in [0.4, 0.5) is 0 Å². The zero-order chi connectivity index (χ0) is 15.2. The maximum Gasteiger partial charge on any atom is 0.0435 e. The first-order valence-electron chi connectivity index (χ1n) is 8.55. The lowest BCUT2D eigenvalue weighted by Crippen LogP contribution is -2.28. The van der Waals surface area contributed by atoms with Gasteiger partial charge in [0.15, 0.2) is 0 Å². The highest BCUT2D eigenvalue weighted by molar-refractivity contribution is 8.00. The molecule has 1 nitrogen and oxygen atoms in total. The van der Waals surface area contributed by atoms with Crippen LogP contribution in [0.5, 0.6) is 0 Å². The molecule has 2 heteroatoms. The van der Waals surface area contributed by atoms with Crippen LogP contribution in [0.1, 0.15) is 63.6 Å². The molecule has 0 heterocycles. The predicted octanol–water partition coefficient (Wildman–Crippen LogP) is 5.21. The van der Waals surface area contributed by atoms with Gasteiger partial charge in [0, 0.05) is 16.5 Å². The summed E-state index contributed by atoms with van der Waals surface area (Å²) < 4.78 is 0. The lowest BCUT2D eigenvalue weighted by atomic mass is 9.90. The van der Waals surface area contributed by atoms with Crippen molar-refractivity contribution in [3.8, 4) is 0 Å². The molecule has 0 saturated heterocycles.